The summed E-state index contributed by atoms with van der Waals surface area (Å²) in [5, 5.41) is 7.05. The predicted molar refractivity (Wildman–Crippen MR) is 91.5 cm³/mol. The molecule has 0 spiro atoms. The van der Waals surface area contributed by atoms with Crippen LogP contribution in [0.4, 0.5) is 5.69 Å². The van der Waals surface area contributed by atoms with Gasteiger partial charge < -0.3 is 15.5 Å². The molecule has 0 amide bonds. The smallest absolute Gasteiger partial charge is 0.0447 e. The topological polar surface area (TPSA) is 30.5 Å². The van der Waals surface area contributed by atoms with Gasteiger partial charge in [0.1, 0.15) is 0 Å². The van der Waals surface area contributed by atoms with Crippen LogP contribution in [0.2, 0.25) is 0 Å². The van der Waals surface area contributed by atoms with Crippen LogP contribution in [0.1, 0.15) is 30.9 Å². The molecular weight excluding hydrogens is 272 g/mol. The molecule has 2 atom stereocenters. The Bertz CT molecular complexity index is 474. The van der Waals surface area contributed by atoms with Crippen molar-refractivity contribution in [1.29, 1.82) is 0 Å². The molecule has 0 aromatic heterocycles. The van der Waals surface area contributed by atoms with E-state index in [4.69, 9.17) is 0 Å². The zero-order valence-electron chi connectivity index (χ0n) is 13.4. The quantitative estimate of drug-likeness (QED) is 0.888. The third-order valence-corrected chi connectivity index (χ3v) is 5.52. The highest BCUT2D eigenvalue weighted by molar-refractivity contribution is 5.49. The van der Waals surface area contributed by atoms with Crippen LogP contribution in [0, 0.1) is 0 Å². The fourth-order valence-electron chi connectivity index (χ4n) is 4.19. The summed E-state index contributed by atoms with van der Waals surface area (Å²) >= 11 is 0. The van der Waals surface area contributed by atoms with Crippen molar-refractivity contribution < 1.29 is 0 Å². The molecule has 4 nitrogen and oxygen atoms in total. The van der Waals surface area contributed by atoms with Crippen molar-refractivity contribution in [3.8, 4) is 0 Å². The van der Waals surface area contributed by atoms with Gasteiger partial charge in [-0.25, -0.2) is 0 Å². The number of likely N-dealkylation sites (tertiary alicyclic amines) is 1. The van der Waals surface area contributed by atoms with Crippen LogP contribution in [0.5, 0.6) is 0 Å². The maximum atomic E-state index is 3.59. The molecular formula is C18H28N4. The van der Waals surface area contributed by atoms with Crippen molar-refractivity contribution in [3.05, 3.63) is 29.8 Å². The Morgan fingerprint density at radius 1 is 0.955 bits per heavy atom. The van der Waals surface area contributed by atoms with E-state index in [2.05, 4.69) is 44.7 Å². The number of hydrogen-bond donors (Lipinski definition) is 2. The summed E-state index contributed by atoms with van der Waals surface area (Å²) in [6, 6.07) is 10.5. The third kappa shape index (κ3) is 3.00. The van der Waals surface area contributed by atoms with Crippen LogP contribution in [0.3, 0.4) is 0 Å². The number of nitrogens with zero attached hydrogens (tertiary/aromatic N) is 2. The summed E-state index contributed by atoms with van der Waals surface area (Å²) in [5.74, 6) is 0. The molecule has 0 aliphatic carbocycles. The molecule has 1 aromatic rings. The second-order valence-corrected chi connectivity index (χ2v) is 6.93. The van der Waals surface area contributed by atoms with E-state index in [1.54, 1.807) is 0 Å². The second-order valence-electron chi connectivity index (χ2n) is 6.93. The summed E-state index contributed by atoms with van der Waals surface area (Å²) in [7, 11) is 0. The number of nitrogens with one attached hydrogen (secondary N) is 2. The van der Waals surface area contributed by atoms with Crippen molar-refractivity contribution in [2.24, 2.45) is 0 Å². The highest BCUT2D eigenvalue weighted by Gasteiger charge is 2.29. The van der Waals surface area contributed by atoms with E-state index in [1.165, 1.54) is 56.7 Å². The highest BCUT2D eigenvalue weighted by Crippen LogP contribution is 2.26. The molecule has 22 heavy (non-hydrogen) atoms. The van der Waals surface area contributed by atoms with Crippen LogP contribution >= 0.6 is 0 Å². The molecule has 0 unspecified atom stereocenters. The number of hydrogen-bond acceptors (Lipinski definition) is 4. The van der Waals surface area contributed by atoms with E-state index in [0.29, 0.717) is 6.04 Å². The molecule has 1 aromatic carbocycles. The van der Waals surface area contributed by atoms with Crippen LogP contribution in [0.25, 0.3) is 0 Å². The summed E-state index contributed by atoms with van der Waals surface area (Å²) in [5.41, 5.74) is 2.81. The lowest BCUT2D eigenvalue weighted by molar-refractivity contribution is 0.260. The molecule has 0 saturated carbocycles. The number of anilines is 1. The zero-order valence-corrected chi connectivity index (χ0v) is 13.4. The SMILES string of the molecule is c1cc(N2CC[C@H](N3CCCC3)C2)ccc1[C@H]1CNCCN1. The van der Waals surface area contributed by atoms with Gasteiger partial charge >= 0.3 is 0 Å². The third-order valence-electron chi connectivity index (χ3n) is 5.52. The molecule has 4 heteroatoms. The normalized spacial score (nSPS) is 30.1. The maximum Gasteiger partial charge on any atom is 0.0447 e. The van der Waals surface area contributed by atoms with Gasteiger partial charge in [0.05, 0.1) is 0 Å². The molecule has 3 heterocycles. The lowest BCUT2D eigenvalue weighted by Gasteiger charge is -2.26. The molecule has 0 bridgehead atoms. The van der Waals surface area contributed by atoms with Crippen molar-refractivity contribution in [2.45, 2.75) is 31.3 Å². The van der Waals surface area contributed by atoms with Gasteiger partial charge in [0.25, 0.3) is 0 Å². The predicted octanol–water partition coefficient (Wildman–Crippen LogP) is 1.60. The van der Waals surface area contributed by atoms with Gasteiger partial charge in [0, 0.05) is 50.5 Å². The minimum absolute atomic E-state index is 0.471. The zero-order chi connectivity index (χ0) is 14.8. The summed E-state index contributed by atoms with van der Waals surface area (Å²) in [6.07, 6.45) is 4.12. The maximum absolute atomic E-state index is 3.59. The minimum atomic E-state index is 0.471. The second kappa shape index (κ2) is 6.57. The fourth-order valence-corrected chi connectivity index (χ4v) is 4.19. The van der Waals surface area contributed by atoms with E-state index in [1.807, 2.05) is 0 Å². The van der Waals surface area contributed by atoms with E-state index < -0.39 is 0 Å². The molecule has 2 N–H and O–H groups in total. The molecule has 3 aliphatic rings. The van der Waals surface area contributed by atoms with Gasteiger partial charge in [0.15, 0.2) is 0 Å². The Hall–Kier alpha value is -1.10. The minimum Gasteiger partial charge on any atom is -0.370 e. The molecule has 120 valence electrons. The van der Waals surface area contributed by atoms with Gasteiger partial charge in [-0.3, -0.25) is 4.90 Å². The average molecular weight is 300 g/mol. The van der Waals surface area contributed by atoms with E-state index >= 15 is 0 Å². The standard InChI is InChI=1S/C18H28N4/c1-2-11-21(10-1)17-7-12-22(14-17)16-5-3-15(4-6-16)18-13-19-8-9-20-18/h3-6,17-20H,1-2,7-14H2/t17-,18+/m0/s1. The van der Waals surface area contributed by atoms with E-state index in [9.17, 15) is 0 Å². The Morgan fingerprint density at radius 2 is 1.77 bits per heavy atom. The number of piperazine rings is 1. The van der Waals surface area contributed by atoms with Crippen molar-refractivity contribution >= 4 is 5.69 Å². The summed E-state index contributed by atoms with van der Waals surface area (Å²) < 4.78 is 0. The molecule has 4 rings (SSSR count). The lowest BCUT2D eigenvalue weighted by atomic mass is 10.0. The lowest BCUT2D eigenvalue weighted by Crippen LogP contribution is -2.42. The van der Waals surface area contributed by atoms with Crippen molar-refractivity contribution in [2.75, 3.05) is 50.7 Å². The molecule has 0 radical (unpaired) electrons. The molecule has 3 aliphatic heterocycles. The van der Waals surface area contributed by atoms with Crippen molar-refractivity contribution in [1.82, 2.24) is 15.5 Å². The number of benzene rings is 1. The van der Waals surface area contributed by atoms with Gasteiger partial charge in [0.2, 0.25) is 0 Å². The fraction of sp³-hybridized carbons (Fsp3) is 0.667. The number of rotatable bonds is 3. The van der Waals surface area contributed by atoms with Crippen molar-refractivity contribution in [3.63, 3.8) is 0 Å². The molecule has 3 fully saturated rings. The Morgan fingerprint density at radius 3 is 2.50 bits per heavy atom. The molecule has 3 saturated heterocycles. The van der Waals surface area contributed by atoms with Gasteiger partial charge in [-0.05, 0) is 50.0 Å². The van der Waals surface area contributed by atoms with Crippen LogP contribution in [0.15, 0.2) is 24.3 Å². The van der Waals surface area contributed by atoms with Crippen LogP contribution < -0.4 is 15.5 Å². The van der Waals surface area contributed by atoms with Gasteiger partial charge in [-0.15, -0.1) is 0 Å². The van der Waals surface area contributed by atoms with Crippen LogP contribution in [-0.2, 0) is 0 Å². The highest BCUT2D eigenvalue weighted by atomic mass is 15.3. The van der Waals surface area contributed by atoms with Gasteiger partial charge in [-0.1, -0.05) is 12.1 Å². The average Bonchev–Trinajstić information content (AvgIpc) is 3.27. The summed E-state index contributed by atoms with van der Waals surface area (Å²) in [4.78, 5) is 5.27. The Labute approximate surface area is 133 Å². The first kappa shape index (κ1) is 14.5. The monoisotopic (exact) mass is 300 g/mol. The van der Waals surface area contributed by atoms with E-state index in [-0.39, 0.29) is 0 Å². The first-order valence-corrected chi connectivity index (χ1v) is 8.93. The first-order valence-electron chi connectivity index (χ1n) is 8.93. The Balaban J connectivity index is 1.38. The Kier molecular flexibility index (Phi) is 4.33. The van der Waals surface area contributed by atoms with E-state index in [0.717, 1.165) is 25.7 Å². The summed E-state index contributed by atoms with van der Waals surface area (Å²) in [6.45, 7) is 8.25. The van der Waals surface area contributed by atoms with Crippen LogP contribution in [-0.4, -0.2) is 56.8 Å². The largest absolute Gasteiger partial charge is 0.370 e. The first-order chi connectivity index (χ1) is 10.9. The van der Waals surface area contributed by atoms with Gasteiger partial charge in [-0.2, -0.15) is 0 Å².